The predicted molar refractivity (Wildman–Crippen MR) is 72.4 cm³/mol. The zero-order chi connectivity index (χ0) is 13.9. The fraction of sp³-hybridized carbons (Fsp3) is 0.615. The predicted octanol–water partition coefficient (Wildman–Crippen LogP) is 2.36. The molecule has 0 atom stereocenters. The molecule has 2 N–H and O–H groups in total. The molecule has 0 aromatic carbocycles. The van der Waals surface area contributed by atoms with Gasteiger partial charge in [-0.1, -0.05) is 19.3 Å². The Morgan fingerprint density at radius 1 is 1.42 bits per heavy atom. The van der Waals surface area contributed by atoms with Crippen LogP contribution in [0.5, 0.6) is 0 Å². The molecule has 5 nitrogen and oxygen atoms in total. The molecule has 6 heteroatoms. The lowest BCUT2D eigenvalue weighted by Gasteiger charge is -2.36. The van der Waals surface area contributed by atoms with Crippen LogP contribution in [0.3, 0.4) is 0 Å². The number of aliphatic carboxylic acids is 1. The Morgan fingerprint density at radius 2 is 2.11 bits per heavy atom. The maximum absolute atomic E-state index is 12.2. The summed E-state index contributed by atoms with van der Waals surface area (Å²) in [4.78, 5) is 27.8. The highest BCUT2D eigenvalue weighted by molar-refractivity contribution is 7.13. The molecular formula is C13H18N2O3S. The average molecular weight is 282 g/mol. The summed E-state index contributed by atoms with van der Waals surface area (Å²) in [7, 11) is 0. The van der Waals surface area contributed by atoms with Gasteiger partial charge >= 0.3 is 5.97 Å². The van der Waals surface area contributed by atoms with Crippen LogP contribution in [-0.4, -0.2) is 27.5 Å². The lowest BCUT2D eigenvalue weighted by atomic mass is 9.79. The Bertz CT molecular complexity index is 478. The van der Waals surface area contributed by atoms with E-state index in [1.807, 2.05) is 6.92 Å². The molecule has 0 aliphatic heterocycles. The normalized spacial score (nSPS) is 17.9. The zero-order valence-electron chi connectivity index (χ0n) is 10.9. The van der Waals surface area contributed by atoms with Crippen LogP contribution in [0.4, 0.5) is 0 Å². The molecule has 104 valence electrons. The number of carbonyl (C=O) groups is 2. The van der Waals surface area contributed by atoms with Crippen molar-refractivity contribution in [3.63, 3.8) is 0 Å². The first-order valence-electron chi connectivity index (χ1n) is 6.47. The first-order valence-corrected chi connectivity index (χ1v) is 7.29. The third-order valence-electron chi connectivity index (χ3n) is 3.52. The van der Waals surface area contributed by atoms with E-state index in [9.17, 15) is 9.59 Å². The lowest BCUT2D eigenvalue weighted by molar-refractivity contribution is -0.139. The summed E-state index contributed by atoms with van der Waals surface area (Å²) in [5.41, 5.74) is -0.584. The van der Waals surface area contributed by atoms with Gasteiger partial charge in [0.1, 0.15) is 4.88 Å². The topological polar surface area (TPSA) is 79.3 Å². The van der Waals surface area contributed by atoms with Crippen molar-refractivity contribution in [2.75, 3.05) is 0 Å². The molecule has 0 saturated heterocycles. The quantitative estimate of drug-likeness (QED) is 0.888. The van der Waals surface area contributed by atoms with Crippen molar-refractivity contribution in [2.24, 2.45) is 0 Å². The third kappa shape index (κ3) is 3.53. The first-order chi connectivity index (χ1) is 9.01. The Labute approximate surface area is 116 Å². The lowest BCUT2D eigenvalue weighted by Crippen LogP contribution is -2.50. The molecule has 1 amide bonds. The summed E-state index contributed by atoms with van der Waals surface area (Å²) >= 11 is 1.33. The van der Waals surface area contributed by atoms with Crippen molar-refractivity contribution >= 4 is 23.2 Å². The molecule has 0 spiro atoms. The van der Waals surface area contributed by atoms with Crippen LogP contribution in [0.15, 0.2) is 6.20 Å². The molecule has 1 aromatic heterocycles. The zero-order valence-corrected chi connectivity index (χ0v) is 11.8. The summed E-state index contributed by atoms with van der Waals surface area (Å²) in [5.74, 6) is -1.06. The van der Waals surface area contributed by atoms with Gasteiger partial charge in [-0.25, -0.2) is 4.98 Å². The number of aryl methyl sites for hydroxylation is 1. The van der Waals surface area contributed by atoms with Crippen molar-refractivity contribution in [3.05, 3.63) is 16.1 Å². The minimum atomic E-state index is -0.859. The highest BCUT2D eigenvalue weighted by atomic mass is 32.1. The van der Waals surface area contributed by atoms with Crippen LogP contribution in [-0.2, 0) is 4.79 Å². The van der Waals surface area contributed by atoms with E-state index in [4.69, 9.17) is 5.11 Å². The summed E-state index contributed by atoms with van der Waals surface area (Å²) < 4.78 is 0. The minimum absolute atomic E-state index is 0.00345. The van der Waals surface area contributed by atoms with Crippen LogP contribution in [0.1, 0.15) is 53.2 Å². The summed E-state index contributed by atoms with van der Waals surface area (Å²) in [6, 6.07) is 0. The van der Waals surface area contributed by atoms with Crippen molar-refractivity contribution in [3.8, 4) is 0 Å². The molecule has 1 aliphatic rings. The van der Waals surface area contributed by atoms with E-state index in [-0.39, 0.29) is 12.3 Å². The van der Waals surface area contributed by atoms with Gasteiger partial charge in [0.2, 0.25) is 0 Å². The van der Waals surface area contributed by atoms with Crippen LogP contribution < -0.4 is 5.32 Å². The molecule has 1 aliphatic carbocycles. The van der Waals surface area contributed by atoms with E-state index in [1.54, 1.807) is 6.20 Å². The number of aromatic nitrogens is 1. The maximum atomic E-state index is 12.2. The Hall–Kier alpha value is -1.43. The molecular weight excluding hydrogens is 264 g/mol. The van der Waals surface area contributed by atoms with Gasteiger partial charge in [-0.3, -0.25) is 9.59 Å². The number of carboxylic acid groups (broad SMARTS) is 1. The average Bonchev–Trinajstić information content (AvgIpc) is 2.76. The van der Waals surface area contributed by atoms with Crippen molar-refractivity contribution < 1.29 is 14.7 Å². The number of hydrogen-bond acceptors (Lipinski definition) is 4. The van der Waals surface area contributed by atoms with Crippen LogP contribution in [0.25, 0.3) is 0 Å². The van der Waals surface area contributed by atoms with Gasteiger partial charge in [0.25, 0.3) is 5.91 Å². The van der Waals surface area contributed by atoms with Gasteiger partial charge in [-0.2, -0.15) is 0 Å². The summed E-state index contributed by atoms with van der Waals surface area (Å²) in [6.07, 6.45) is 6.07. The van der Waals surface area contributed by atoms with Gasteiger partial charge in [0, 0.05) is 0 Å². The molecule has 19 heavy (non-hydrogen) atoms. The second-order valence-electron chi connectivity index (χ2n) is 5.11. The Balaban J connectivity index is 2.11. The number of hydrogen-bond donors (Lipinski definition) is 2. The fourth-order valence-electron chi connectivity index (χ4n) is 2.63. The number of carboxylic acids is 1. The number of rotatable bonds is 4. The van der Waals surface area contributed by atoms with Crippen molar-refractivity contribution in [1.29, 1.82) is 0 Å². The van der Waals surface area contributed by atoms with Crippen LogP contribution in [0.2, 0.25) is 0 Å². The number of nitrogens with one attached hydrogen (secondary N) is 1. The van der Waals surface area contributed by atoms with E-state index in [0.717, 1.165) is 37.1 Å². The van der Waals surface area contributed by atoms with Gasteiger partial charge in [-0.05, 0) is 19.8 Å². The number of carbonyl (C=O) groups excluding carboxylic acids is 1. The molecule has 2 rings (SSSR count). The Kier molecular flexibility index (Phi) is 4.19. The highest BCUT2D eigenvalue weighted by Gasteiger charge is 2.36. The van der Waals surface area contributed by atoms with Crippen molar-refractivity contribution in [2.45, 2.75) is 51.0 Å². The molecule has 1 aromatic rings. The highest BCUT2D eigenvalue weighted by Crippen LogP contribution is 2.31. The minimum Gasteiger partial charge on any atom is -0.481 e. The second kappa shape index (κ2) is 5.69. The molecule has 1 saturated carbocycles. The third-order valence-corrected chi connectivity index (χ3v) is 4.44. The monoisotopic (exact) mass is 282 g/mol. The largest absolute Gasteiger partial charge is 0.481 e. The SMILES string of the molecule is Cc1ncc(C(=O)NC2(CC(=O)O)CCCCC2)s1. The molecule has 1 heterocycles. The van der Waals surface area contributed by atoms with Crippen LogP contribution >= 0.6 is 11.3 Å². The van der Waals surface area contributed by atoms with Gasteiger partial charge < -0.3 is 10.4 Å². The van der Waals surface area contributed by atoms with Gasteiger partial charge in [0.15, 0.2) is 0 Å². The molecule has 1 fully saturated rings. The van der Waals surface area contributed by atoms with Crippen LogP contribution in [0, 0.1) is 6.92 Å². The van der Waals surface area contributed by atoms with E-state index in [0.29, 0.717) is 4.88 Å². The number of nitrogens with zero attached hydrogens (tertiary/aromatic N) is 1. The fourth-order valence-corrected chi connectivity index (χ4v) is 3.31. The summed E-state index contributed by atoms with van der Waals surface area (Å²) in [5, 5.41) is 12.8. The Morgan fingerprint density at radius 3 is 2.63 bits per heavy atom. The molecule has 0 unspecified atom stereocenters. The van der Waals surface area contributed by atoms with Gasteiger partial charge in [0.05, 0.1) is 23.2 Å². The summed E-state index contributed by atoms with van der Waals surface area (Å²) in [6.45, 7) is 1.84. The molecule has 0 bridgehead atoms. The maximum Gasteiger partial charge on any atom is 0.305 e. The van der Waals surface area contributed by atoms with E-state index in [1.165, 1.54) is 11.3 Å². The van der Waals surface area contributed by atoms with E-state index < -0.39 is 11.5 Å². The van der Waals surface area contributed by atoms with Crippen molar-refractivity contribution in [1.82, 2.24) is 10.3 Å². The number of thiazole rings is 1. The van der Waals surface area contributed by atoms with Gasteiger partial charge in [-0.15, -0.1) is 11.3 Å². The standard InChI is InChI=1S/C13H18N2O3S/c1-9-14-8-10(19-9)12(18)15-13(7-11(16)17)5-3-2-4-6-13/h8H,2-7H2,1H3,(H,15,18)(H,16,17). The second-order valence-corrected chi connectivity index (χ2v) is 6.34. The first kappa shape index (κ1) is 14.0. The molecule has 0 radical (unpaired) electrons. The van der Waals surface area contributed by atoms with E-state index in [2.05, 4.69) is 10.3 Å². The van der Waals surface area contributed by atoms with E-state index >= 15 is 0 Å². The smallest absolute Gasteiger partial charge is 0.305 e. The number of amides is 1.